The molecule has 39 heavy (non-hydrogen) atoms. The van der Waals surface area contributed by atoms with Crippen LogP contribution in [0.3, 0.4) is 0 Å². The number of anilines is 2. The molecule has 8 nitrogen and oxygen atoms in total. The first kappa shape index (κ1) is 26.3. The van der Waals surface area contributed by atoms with E-state index in [1.165, 1.54) is 0 Å². The highest BCUT2D eigenvalue weighted by Gasteiger charge is 2.51. The fourth-order valence-electron chi connectivity index (χ4n) is 5.54. The van der Waals surface area contributed by atoms with E-state index in [0.29, 0.717) is 30.9 Å². The highest BCUT2D eigenvalue weighted by Crippen LogP contribution is 2.46. The topological polar surface area (TPSA) is 104 Å². The summed E-state index contributed by atoms with van der Waals surface area (Å²) < 4.78 is 0. The molecule has 0 bridgehead atoms. The van der Waals surface area contributed by atoms with E-state index in [4.69, 9.17) is 0 Å². The number of rotatable bonds is 6. The summed E-state index contributed by atoms with van der Waals surface area (Å²) in [6.45, 7) is 5.76. The zero-order valence-electron chi connectivity index (χ0n) is 22.7. The lowest BCUT2D eigenvalue weighted by Gasteiger charge is -2.29. The van der Waals surface area contributed by atoms with Gasteiger partial charge in [-0.25, -0.2) is 4.98 Å². The summed E-state index contributed by atoms with van der Waals surface area (Å²) in [5, 5.41) is 5.89. The molecule has 3 amide bonds. The normalized spacial score (nSPS) is 17.7. The van der Waals surface area contributed by atoms with E-state index in [-0.39, 0.29) is 24.3 Å². The minimum absolute atomic E-state index is 0.0391. The summed E-state index contributed by atoms with van der Waals surface area (Å²) in [4.78, 5) is 49.6. The summed E-state index contributed by atoms with van der Waals surface area (Å²) in [6, 6.07) is 17.3. The molecule has 8 heteroatoms. The van der Waals surface area contributed by atoms with Crippen molar-refractivity contribution in [3.05, 3.63) is 88.6 Å². The molecule has 2 aromatic carbocycles. The highest BCUT2D eigenvalue weighted by atomic mass is 16.2. The summed E-state index contributed by atoms with van der Waals surface area (Å²) >= 11 is 0. The molecular weight excluding hydrogens is 490 g/mol. The van der Waals surface area contributed by atoms with E-state index in [1.54, 1.807) is 24.4 Å². The molecule has 0 radical (unpaired) electrons. The molecule has 5 rings (SSSR count). The molecule has 1 aliphatic heterocycles. The van der Waals surface area contributed by atoms with E-state index in [1.807, 2.05) is 75.4 Å². The fourth-order valence-corrected chi connectivity index (χ4v) is 5.54. The number of amides is 3. The van der Waals surface area contributed by atoms with E-state index < -0.39 is 10.8 Å². The molecule has 1 atom stereocenters. The van der Waals surface area contributed by atoms with Gasteiger partial charge in [-0.05, 0) is 53.3 Å². The number of carbonyl (C=O) groups excluding carboxylic acids is 3. The van der Waals surface area contributed by atoms with Gasteiger partial charge in [-0.1, -0.05) is 57.2 Å². The molecule has 3 aromatic rings. The van der Waals surface area contributed by atoms with Crippen LogP contribution in [0.4, 0.5) is 11.5 Å². The van der Waals surface area contributed by atoms with Crippen molar-refractivity contribution >= 4 is 35.4 Å². The Bertz CT molecular complexity index is 1490. The molecular formula is C31H33N5O3. The monoisotopic (exact) mass is 523 g/mol. The van der Waals surface area contributed by atoms with E-state index in [0.717, 1.165) is 27.8 Å². The first-order chi connectivity index (χ1) is 18.6. The Morgan fingerprint density at radius 3 is 2.64 bits per heavy atom. The van der Waals surface area contributed by atoms with Gasteiger partial charge in [0.25, 0.3) is 0 Å². The van der Waals surface area contributed by atoms with E-state index in [9.17, 15) is 14.4 Å². The number of nitrogens with one attached hydrogen (secondary N) is 2. The lowest BCUT2D eigenvalue weighted by Crippen LogP contribution is -2.43. The number of aliphatic imine (C=N–C) groups is 1. The number of aromatic nitrogens is 1. The minimum atomic E-state index is -0.667. The third-order valence-electron chi connectivity index (χ3n) is 7.41. The second-order valence-corrected chi connectivity index (χ2v) is 11.3. The van der Waals surface area contributed by atoms with Crippen LogP contribution in [0.1, 0.15) is 48.6 Å². The van der Waals surface area contributed by atoms with Crippen LogP contribution in [0, 0.1) is 5.41 Å². The predicted octanol–water partition coefficient (Wildman–Crippen LogP) is 4.13. The van der Waals surface area contributed by atoms with Crippen molar-refractivity contribution in [1.29, 1.82) is 0 Å². The van der Waals surface area contributed by atoms with Crippen molar-refractivity contribution in [3.63, 3.8) is 0 Å². The van der Waals surface area contributed by atoms with Gasteiger partial charge in [0.2, 0.25) is 17.7 Å². The zero-order valence-corrected chi connectivity index (χ0v) is 22.7. The number of benzene rings is 2. The molecule has 1 unspecified atom stereocenters. The SMILES string of the molecule is C/N=C\c1ccccc1CN(CC(=O)Nc1ccc2c(c1)CC1(C2)C(=O)Nc2ncccc21)C(=O)C(C)(C)C. The number of pyridine rings is 1. The molecule has 0 saturated heterocycles. The Balaban J connectivity index is 1.33. The molecule has 1 spiro atoms. The third-order valence-corrected chi connectivity index (χ3v) is 7.41. The maximum atomic E-state index is 13.3. The van der Waals surface area contributed by atoms with E-state index in [2.05, 4.69) is 20.6 Å². The van der Waals surface area contributed by atoms with Crippen LogP contribution in [0.5, 0.6) is 0 Å². The largest absolute Gasteiger partial charge is 0.329 e. The van der Waals surface area contributed by atoms with Crippen molar-refractivity contribution in [2.45, 2.75) is 45.6 Å². The van der Waals surface area contributed by atoms with Gasteiger partial charge in [0.15, 0.2) is 0 Å². The van der Waals surface area contributed by atoms with Crippen molar-refractivity contribution in [2.24, 2.45) is 10.4 Å². The number of carbonyl (C=O) groups is 3. The zero-order chi connectivity index (χ0) is 27.8. The lowest BCUT2D eigenvalue weighted by molar-refractivity contribution is -0.142. The van der Waals surface area contributed by atoms with Crippen molar-refractivity contribution in [3.8, 4) is 0 Å². The van der Waals surface area contributed by atoms with Crippen LogP contribution < -0.4 is 10.6 Å². The molecule has 0 fully saturated rings. The van der Waals surface area contributed by atoms with Crippen molar-refractivity contribution in [1.82, 2.24) is 9.88 Å². The van der Waals surface area contributed by atoms with E-state index >= 15 is 0 Å². The maximum absolute atomic E-state index is 13.3. The van der Waals surface area contributed by atoms with Crippen LogP contribution >= 0.6 is 0 Å². The van der Waals surface area contributed by atoms with Gasteiger partial charge in [-0.2, -0.15) is 0 Å². The first-order valence-electron chi connectivity index (χ1n) is 13.1. The highest BCUT2D eigenvalue weighted by molar-refractivity contribution is 6.06. The second-order valence-electron chi connectivity index (χ2n) is 11.3. The fraction of sp³-hybridized carbons (Fsp3) is 0.323. The van der Waals surface area contributed by atoms with Gasteiger partial charge in [-0.15, -0.1) is 0 Å². The van der Waals surface area contributed by atoms with Crippen LogP contribution in [0.25, 0.3) is 0 Å². The molecule has 0 saturated carbocycles. The Labute approximate surface area is 228 Å². The van der Waals surface area contributed by atoms with Gasteiger partial charge in [0.05, 0.1) is 5.41 Å². The summed E-state index contributed by atoms with van der Waals surface area (Å²) in [7, 11) is 1.70. The van der Waals surface area contributed by atoms with Crippen molar-refractivity contribution in [2.75, 3.05) is 24.2 Å². The molecule has 2 aliphatic rings. The number of hydrogen-bond donors (Lipinski definition) is 2. The third kappa shape index (κ3) is 5.06. The minimum Gasteiger partial charge on any atom is -0.329 e. The first-order valence-corrected chi connectivity index (χ1v) is 13.1. The quantitative estimate of drug-likeness (QED) is 0.474. The van der Waals surface area contributed by atoms with Crippen LogP contribution in [0.15, 0.2) is 65.8 Å². The number of nitrogens with zero attached hydrogens (tertiary/aromatic N) is 3. The molecule has 200 valence electrons. The van der Waals surface area contributed by atoms with Crippen LogP contribution in [-0.2, 0) is 39.2 Å². The van der Waals surface area contributed by atoms with Crippen molar-refractivity contribution < 1.29 is 14.4 Å². The van der Waals surface area contributed by atoms with Gasteiger partial charge < -0.3 is 15.5 Å². The summed E-state index contributed by atoms with van der Waals surface area (Å²) in [5.41, 5.74) is 4.17. The molecule has 1 aromatic heterocycles. The molecule has 2 N–H and O–H groups in total. The average molecular weight is 524 g/mol. The lowest BCUT2D eigenvalue weighted by atomic mass is 9.79. The molecule has 2 heterocycles. The van der Waals surface area contributed by atoms with Gasteiger partial charge in [0.1, 0.15) is 12.4 Å². The standard InChI is InChI=1S/C31H33N5O3/c1-30(2,3)29(39)36(18-22-9-6-5-8-21(22)17-32-4)19-26(37)34-24-12-11-20-15-31(16-23(20)14-24)25-10-7-13-33-27(25)35-28(31)38/h5-14,17H,15-16,18-19H2,1-4H3,(H,34,37)(H,33,35,38)/b32-17-. The second kappa shape index (κ2) is 10.1. The number of fused-ring (bicyclic) bond motifs is 3. The van der Waals surface area contributed by atoms with Gasteiger partial charge in [-0.3, -0.25) is 19.4 Å². The number of hydrogen-bond acceptors (Lipinski definition) is 5. The Morgan fingerprint density at radius 2 is 1.87 bits per heavy atom. The Kier molecular flexibility index (Phi) is 6.80. The average Bonchev–Trinajstić information content (AvgIpc) is 3.41. The maximum Gasteiger partial charge on any atom is 0.244 e. The van der Waals surface area contributed by atoms with Gasteiger partial charge >= 0.3 is 0 Å². The van der Waals surface area contributed by atoms with Crippen LogP contribution in [-0.4, -0.2) is 47.4 Å². The van der Waals surface area contributed by atoms with Gasteiger partial charge in [0, 0.05) is 42.7 Å². The summed E-state index contributed by atoms with van der Waals surface area (Å²) in [5.74, 6) is 0.188. The Hall–Kier alpha value is -4.33. The summed E-state index contributed by atoms with van der Waals surface area (Å²) in [6.07, 6.45) is 4.57. The van der Waals surface area contributed by atoms with Crippen LogP contribution in [0.2, 0.25) is 0 Å². The Morgan fingerprint density at radius 1 is 1.10 bits per heavy atom. The smallest absolute Gasteiger partial charge is 0.244 e. The molecule has 1 aliphatic carbocycles. The predicted molar refractivity (Wildman–Crippen MR) is 152 cm³/mol.